The van der Waals surface area contributed by atoms with Crippen molar-refractivity contribution in [1.29, 1.82) is 0 Å². The fourth-order valence-corrected chi connectivity index (χ4v) is 2.34. The molecule has 0 aliphatic rings. The molecule has 0 N–H and O–H groups in total. The van der Waals surface area contributed by atoms with E-state index in [9.17, 15) is 4.39 Å². The molecule has 0 aliphatic carbocycles. The first-order chi connectivity index (χ1) is 9.08. The molecule has 0 aromatic heterocycles. The zero-order valence-corrected chi connectivity index (χ0v) is 12.1. The third kappa shape index (κ3) is 5.09. The van der Waals surface area contributed by atoms with Crippen LogP contribution in [0.4, 0.5) is 4.39 Å². The van der Waals surface area contributed by atoms with Gasteiger partial charge in [-0.2, -0.15) is 0 Å². The zero-order chi connectivity index (χ0) is 14.3. The first-order valence-electron chi connectivity index (χ1n) is 6.67. The van der Waals surface area contributed by atoms with E-state index in [1.54, 1.807) is 12.1 Å². The van der Waals surface area contributed by atoms with E-state index < -0.39 is 5.83 Å². The Balaban J connectivity index is 2.61. The molecule has 102 valence electrons. The van der Waals surface area contributed by atoms with Crippen molar-refractivity contribution < 1.29 is 4.39 Å². The molecule has 1 rings (SSSR count). The summed E-state index contributed by atoms with van der Waals surface area (Å²) in [5.41, 5.74) is 1.46. The number of halogens is 2. The standard InChI is InChI=1S/C17H20ClF/c1-4-6-7-14(5-2)8-9-15-10-11-16(13(3)19)17(18)12-15/h2,10-12,14H,3-4,6-9H2,1H3. The lowest BCUT2D eigenvalue weighted by atomic mass is 9.95. The largest absolute Gasteiger partial charge is 0.207 e. The lowest BCUT2D eigenvalue weighted by molar-refractivity contribution is 0.534. The van der Waals surface area contributed by atoms with Crippen molar-refractivity contribution in [1.82, 2.24) is 0 Å². The van der Waals surface area contributed by atoms with Gasteiger partial charge in [0, 0.05) is 11.5 Å². The molecule has 0 bridgehead atoms. The third-order valence-corrected chi connectivity index (χ3v) is 3.56. The minimum absolute atomic E-state index is 0.314. The molecule has 1 atom stereocenters. The summed E-state index contributed by atoms with van der Waals surface area (Å²) < 4.78 is 13.0. The van der Waals surface area contributed by atoms with Gasteiger partial charge in [-0.15, -0.1) is 12.3 Å². The Morgan fingerprint density at radius 1 is 1.47 bits per heavy atom. The van der Waals surface area contributed by atoms with Crippen molar-refractivity contribution in [2.45, 2.75) is 39.0 Å². The van der Waals surface area contributed by atoms with Gasteiger partial charge < -0.3 is 0 Å². The van der Waals surface area contributed by atoms with Crippen LogP contribution >= 0.6 is 11.6 Å². The van der Waals surface area contributed by atoms with Crippen LogP contribution in [0, 0.1) is 18.3 Å². The summed E-state index contributed by atoms with van der Waals surface area (Å²) in [6.07, 6.45) is 10.8. The summed E-state index contributed by atoms with van der Waals surface area (Å²) in [6, 6.07) is 5.37. The Bertz CT molecular complexity index is 471. The van der Waals surface area contributed by atoms with Crippen molar-refractivity contribution in [3.8, 4) is 12.3 Å². The topological polar surface area (TPSA) is 0 Å². The van der Waals surface area contributed by atoms with E-state index in [1.165, 1.54) is 0 Å². The van der Waals surface area contributed by atoms with Crippen LogP contribution in [0.3, 0.4) is 0 Å². The number of hydrogen-bond acceptors (Lipinski definition) is 0. The lowest BCUT2D eigenvalue weighted by Crippen LogP contribution is -2.00. The highest BCUT2D eigenvalue weighted by molar-refractivity contribution is 6.32. The molecule has 0 amide bonds. The quantitative estimate of drug-likeness (QED) is 0.565. The Hall–Kier alpha value is -1.26. The van der Waals surface area contributed by atoms with E-state index in [0.29, 0.717) is 16.5 Å². The van der Waals surface area contributed by atoms with Gasteiger partial charge in [-0.05, 0) is 30.9 Å². The van der Waals surface area contributed by atoms with E-state index in [0.717, 1.165) is 37.7 Å². The van der Waals surface area contributed by atoms with Crippen LogP contribution in [0.2, 0.25) is 5.02 Å². The summed E-state index contributed by atoms with van der Waals surface area (Å²) in [6.45, 7) is 5.42. The van der Waals surface area contributed by atoms with Crippen molar-refractivity contribution >= 4 is 17.4 Å². The fourth-order valence-electron chi connectivity index (χ4n) is 2.04. The fraction of sp³-hybridized carbons (Fsp3) is 0.412. The second-order valence-corrected chi connectivity index (χ2v) is 5.17. The molecule has 0 saturated carbocycles. The van der Waals surface area contributed by atoms with Gasteiger partial charge in [0.2, 0.25) is 0 Å². The highest BCUT2D eigenvalue weighted by Gasteiger charge is 2.08. The number of unbranched alkanes of at least 4 members (excludes halogenated alkanes) is 1. The van der Waals surface area contributed by atoms with Crippen LogP contribution in [0.15, 0.2) is 24.8 Å². The number of terminal acetylenes is 1. The number of benzene rings is 1. The lowest BCUT2D eigenvalue weighted by Gasteiger charge is -2.10. The van der Waals surface area contributed by atoms with Gasteiger partial charge in [0.25, 0.3) is 0 Å². The summed E-state index contributed by atoms with van der Waals surface area (Å²) in [5.74, 6) is 2.66. The van der Waals surface area contributed by atoms with E-state index in [-0.39, 0.29) is 0 Å². The van der Waals surface area contributed by atoms with Gasteiger partial charge in [0.15, 0.2) is 0 Å². The minimum Gasteiger partial charge on any atom is -0.207 e. The van der Waals surface area contributed by atoms with Crippen LogP contribution in [-0.4, -0.2) is 0 Å². The van der Waals surface area contributed by atoms with Gasteiger partial charge in [0.05, 0.1) is 5.02 Å². The Kier molecular flexibility index (Phi) is 6.67. The SMILES string of the molecule is C#CC(CCCC)CCc1ccc(C(=C)F)c(Cl)c1. The summed E-state index contributed by atoms with van der Waals surface area (Å²) in [4.78, 5) is 0. The van der Waals surface area contributed by atoms with Crippen LogP contribution in [-0.2, 0) is 6.42 Å². The maximum absolute atomic E-state index is 13.0. The van der Waals surface area contributed by atoms with Crippen molar-refractivity contribution in [2.24, 2.45) is 5.92 Å². The molecule has 0 spiro atoms. The van der Waals surface area contributed by atoms with Crippen LogP contribution in [0.1, 0.15) is 43.7 Å². The zero-order valence-electron chi connectivity index (χ0n) is 11.4. The van der Waals surface area contributed by atoms with E-state index in [1.807, 2.05) is 6.07 Å². The highest BCUT2D eigenvalue weighted by atomic mass is 35.5. The van der Waals surface area contributed by atoms with Crippen molar-refractivity contribution in [3.63, 3.8) is 0 Å². The molecule has 0 aliphatic heterocycles. The molecule has 19 heavy (non-hydrogen) atoms. The van der Waals surface area contributed by atoms with Crippen molar-refractivity contribution in [2.75, 3.05) is 0 Å². The molecule has 0 fully saturated rings. The smallest absolute Gasteiger partial charge is 0.124 e. The first kappa shape index (κ1) is 15.8. The maximum atomic E-state index is 13.0. The Morgan fingerprint density at radius 2 is 2.21 bits per heavy atom. The molecular formula is C17H20ClF. The van der Waals surface area contributed by atoms with E-state index in [2.05, 4.69) is 19.4 Å². The average molecular weight is 279 g/mol. The first-order valence-corrected chi connectivity index (χ1v) is 7.05. The average Bonchev–Trinajstić information content (AvgIpc) is 2.38. The van der Waals surface area contributed by atoms with Gasteiger partial charge in [0.1, 0.15) is 5.83 Å². The van der Waals surface area contributed by atoms with Crippen LogP contribution in [0.5, 0.6) is 0 Å². The molecule has 0 nitrogen and oxygen atoms in total. The van der Waals surface area contributed by atoms with Gasteiger partial charge >= 0.3 is 0 Å². The Labute approximate surface area is 120 Å². The minimum atomic E-state index is -0.499. The molecule has 1 unspecified atom stereocenters. The number of rotatable bonds is 7. The van der Waals surface area contributed by atoms with Crippen LogP contribution < -0.4 is 0 Å². The van der Waals surface area contributed by atoms with Gasteiger partial charge in [-0.3, -0.25) is 0 Å². The third-order valence-electron chi connectivity index (χ3n) is 3.25. The molecule has 0 heterocycles. The Morgan fingerprint density at radius 3 is 2.74 bits per heavy atom. The summed E-state index contributed by atoms with van der Waals surface area (Å²) in [5, 5.41) is 0.413. The predicted molar refractivity (Wildman–Crippen MR) is 81.8 cm³/mol. The molecule has 0 saturated heterocycles. The van der Waals surface area contributed by atoms with Crippen molar-refractivity contribution in [3.05, 3.63) is 40.9 Å². The summed E-state index contributed by atoms with van der Waals surface area (Å²) >= 11 is 6.02. The monoisotopic (exact) mass is 278 g/mol. The predicted octanol–water partition coefficient (Wildman–Crippen LogP) is 5.65. The second-order valence-electron chi connectivity index (χ2n) is 4.76. The van der Waals surface area contributed by atoms with Gasteiger partial charge in [-0.1, -0.05) is 50.1 Å². The van der Waals surface area contributed by atoms with Gasteiger partial charge in [-0.25, -0.2) is 4.39 Å². The van der Waals surface area contributed by atoms with Crippen LogP contribution in [0.25, 0.3) is 5.83 Å². The maximum Gasteiger partial charge on any atom is 0.124 e. The number of hydrogen-bond donors (Lipinski definition) is 0. The van der Waals surface area contributed by atoms with E-state index >= 15 is 0 Å². The number of aryl methyl sites for hydroxylation is 1. The summed E-state index contributed by atoms with van der Waals surface area (Å²) in [7, 11) is 0. The highest BCUT2D eigenvalue weighted by Crippen LogP contribution is 2.26. The molecule has 1 aromatic carbocycles. The molecular weight excluding hydrogens is 259 g/mol. The second kappa shape index (κ2) is 8.02. The molecule has 0 radical (unpaired) electrons. The normalized spacial score (nSPS) is 11.9. The molecule has 1 aromatic rings. The molecule has 2 heteroatoms. The van der Waals surface area contributed by atoms with E-state index in [4.69, 9.17) is 18.0 Å².